The fourth-order valence-corrected chi connectivity index (χ4v) is 2.65. The quantitative estimate of drug-likeness (QED) is 0.876. The molecule has 108 valence electrons. The van der Waals surface area contributed by atoms with E-state index in [0.29, 0.717) is 23.5 Å². The van der Waals surface area contributed by atoms with E-state index in [4.69, 9.17) is 9.47 Å². The Balaban J connectivity index is 1.87. The number of ether oxygens (including phenoxy) is 2. The highest BCUT2D eigenvalue weighted by atomic mass is 16.5. The largest absolute Gasteiger partial charge is 0.497 e. The van der Waals surface area contributed by atoms with E-state index in [0.717, 1.165) is 5.69 Å². The summed E-state index contributed by atoms with van der Waals surface area (Å²) in [6, 6.07) is 13.0. The monoisotopic (exact) mass is 283 g/mol. The smallest absolute Gasteiger partial charge is 0.189 e. The van der Waals surface area contributed by atoms with Gasteiger partial charge in [-0.05, 0) is 23.8 Å². The molecule has 0 aliphatic carbocycles. The zero-order chi connectivity index (χ0) is 14.8. The van der Waals surface area contributed by atoms with Crippen molar-refractivity contribution in [3.8, 4) is 11.5 Å². The molecule has 1 aliphatic rings. The standard InChI is InChI=1S/C17H17NO3/c1-20-12-7-8-13(16(10-12)21-2)17(19)15-9-11-5-3-4-6-14(11)18-15/h3-8,10,15,18H,9H2,1-2H3. The van der Waals surface area contributed by atoms with E-state index < -0.39 is 0 Å². The fourth-order valence-electron chi connectivity index (χ4n) is 2.65. The van der Waals surface area contributed by atoms with Crippen molar-refractivity contribution in [3.63, 3.8) is 0 Å². The van der Waals surface area contributed by atoms with Crippen LogP contribution in [0.3, 0.4) is 0 Å². The normalized spacial score (nSPS) is 16.0. The Morgan fingerprint density at radius 1 is 1.14 bits per heavy atom. The summed E-state index contributed by atoms with van der Waals surface area (Å²) in [5.74, 6) is 1.24. The molecule has 4 nitrogen and oxygen atoms in total. The topological polar surface area (TPSA) is 47.6 Å². The van der Waals surface area contributed by atoms with Gasteiger partial charge in [-0.25, -0.2) is 0 Å². The summed E-state index contributed by atoms with van der Waals surface area (Å²) >= 11 is 0. The lowest BCUT2D eigenvalue weighted by atomic mass is 10.00. The van der Waals surface area contributed by atoms with E-state index in [9.17, 15) is 4.79 Å². The molecule has 0 radical (unpaired) electrons. The van der Waals surface area contributed by atoms with Gasteiger partial charge in [-0.15, -0.1) is 0 Å². The lowest BCUT2D eigenvalue weighted by molar-refractivity contribution is 0.0968. The highest BCUT2D eigenvalue weighted by molar-refractivity contribution is 6.05. The maximum atomic E-state index is 12.7. The summed E-state index contributed by atoms with van der Waals surface area (Å²) in [7, 11) is 3.15. The van der Waals surface area contributed by atoms with Gasteiger partial charge in [0.05, 0.1) is 25.8 Å². The molecule has 0 amide bonds. The predicted octanol–water partition coefficient (Wildman–Crippen LogP) is 2.92. The Labute approximate surface area is 123 Å². The van der Waals surface area contributed by atoms with Crippen molar-refractivity contribution in [1.82, 2.24) is 0 Å². The molecule has 4 heteroatoms. The summed E-state index contributed by atoms with van der Waals surface area (Å²) in [4.78, 5) is 12.7. The van der Waals surface area contributed by atoms with Crippen LogP contribution >= 0.6 is 0 Å². The van der Waals surface area contributed by atoms with E-state index in [1.807, 2.05) is 24.3 Å². The number of Topliss-reactive ketones (excluding diaryl/α,β-unsaturated/α-hetero) is 1. The molecule has 2 aromatic carbocycles. The summed E-state index contributed by atoms with van der Waals surface area (Å²) < 4.78 is 10.5. The number of hydrogen-bond acceptors (Lipinski definition) is 4. The zero-order valence-corrected chi connectivity index (χ0v) is 12.1. The number of ketones is 1. The summed E-state index contributed by atoms with van der Waals surface area (Å²) in [6.45, 7) is 0. The molecule has 0 fully saturated rings. The minimum Gasteiger partial charge on any atom is -0.497 e. The van der Waals surface area contributed by atoms with Gasteiger partial charge in [0, 0.05) is 18.2 Å². The average molecular weight is 283 g/mol. The van der Waals surface area contributed by atoms with E-state index in [1.165, 1.54) is 5.56 Å². The third-order valence-electron chi connectivity index (χ3n) is 3.76. The van der Waals surface area contributed by atoms with Gasteiger partial charge in [0.2, 0.25) is 0 Å². The second-order valence-electron chi connectivity index (χ2n) is 4.99. The molecule has 1 unspecified atom stereocenters. The van der Waals surface area contributed by atoms with Gasteiger partial charge in [-0.2, -0.15) is 0 Å². The van der Waals surface area contributed by atoms with Crippen molar-refractivity contribution in [2.75, 3.05) is 19.5 Å². The molecule has 2 aromatic rings. The van der Waals surface area contributed by atoms with Gasteiger partial charge in [0.25, 0.3) is 0 Å². The molecular weight excluding hydrogens is 266 g/mol. The van der Waals surface area contributed by atoms with E-state index >= 15 is 0 Å². The molecule has 1 N–H and O–H groups in total. The second kappa shape index (κ2) is 5.48. The van der Waals surface area contributed by atoms with Crippen LogP contribution in [0, 0.1) is 0 Å². The van der Waals surface area contributed by atoms with Crippen molar-refractivity contribution >= 4 is 11.5 Å². The molecule has 0 bridgehead atoms. The molecule has 1 atom stereocenters. The van der Waals surface area contributed by atoms with E-state index in [2.05, 4.69) is 5.32 Å². The maximum absolute atomic E-state index is 12.7. The Hall–Kier alpha value is -2.49. The molecule has 3 rings (SSSR count). The second-order valence-corrected chi connectivity index (χ2v) is 4.99. The van der Waals surface area contributed by atoms with Crippen LogP contribution in [0.1, 0.15) is 15.9 Å². The SMILES string of the molecule is COc1ccc(C(=O)C2Cc3ccccc3N2)c(OC)c1. The number of para-hydroxylation sites is 1. The summed E-state index contributed by atoms with van der Waals surface area (Å²) in [6.07, 6.45) is 0.699. The van der Waals surface area contributed by atoms with Crippen LogP contribution in [0.5, 0.6) is 11.5 Å². The van der Waals surface area contributed by atoms with Crippen molar-refractivity contribution in [2.24, 2.45) is 0 Å². The predicted molar refractivity (Wildman–Crippen MR) is 81.4 cm³/mol. The van der Waals surface area contributed by atoms with Gasteiger partial charge in [-0.1, -0.05) is 18.2 Å². The maximum Gasteiger partial charge on any atom is 0.189 e. The number of fused-ring (bicyclic) bond motifs is 1. The van der Waals surface area contributed by atoms with Crippen LogP contribution in [-0.4, -0.2) is 26.0 Å². The number of nitrogens with one attached hydrogen (secondary N) is 1. The van der Waals surface area contributed by atoms with Crippen molar-refractivity contribution in [3.05, 3.63) is 53.6 Å². The van der Waals surface area contributed by atoms with Gasteiger partial charge in [-0.3, -0.25) is 4.79 Å². The Morgan fingerprint density at radius 3 is 2.67 bits per heavy atom. The first-order valence-electron chi connectivity index (χ1n) is 6.83. The lowest BCUT2D eigenvalue weighted by Crippen LogP contribution is -2.27. The number of carbonyl (C=O) groups is 1. The first kappa shape index (κ1) is 13.5. The Morgan fingerprint density at radius 2 is 1.95 bits per heavy atom. The zero-order valence-electron chi connectivity index (χ0n) is 12.1. The first-order valence-corrected chi connectivity index (χ1v) is 6.83. The number of anilines is 1. The van der Waals surface area contributed by atoms with Crippen LogP contribution in [0.2, 0.25) is 0 Å². The van der Waals surface area contributed by atoms with Crippen LogP contribution in [0.4, 0.5) is 5.69 Å². The first-order chi connectivity index (χ1) is 10.2. The van der Waals surface area contributed by atoms with E-state index in [-0.39, 0.29) is 11.8 Å². The van der Waals surface area contributed by atoms with Crippen LogP contribution < -0.4 is 14.8 Å². The van der Waals surface area contributed by atoms with Gasteiger partial charge >= 0.3 is 0 Å². The number of methoxy groups -OCH3 is 2. The molecule has 0 saturated carbocycles. The number of carbonyl (C=O) groups excluding carboxylic acids is 1. The minimum atomic E-state index is -0.246. The summed E-state index contributed by atoms with van der Waals surface area (Å²) in [5, 5.41) is 3.28. The minimum absolute atomic E-state index is 0.0331. The number of rotatable bonds is 4. The van der Waals surface area contributed by atoms with Gasteiger partial charge in [0.1, 0.15) is 11.5 Å². The Bertz CT molecular complexity index is 656. The van der Waals surface area contributed by atoms with Crippen molar-refractivity contribution < 1.29 is 14.3 Å². The molecule has 0 spiro atoms. The molecule has 21 heavy (non-hydrogen) atoms. The van der Waals surface area contributed by atoms with Gasteiger partial charge in [0.15, 0.2) is 5.78 Å². The van der Waals surface area contributed by atoms with E-state index in [1.54, 1.807) is 32.4 Å². The number of hydrogen-bond donors (Lipinski definition) is 1. The van der Waals surface area contributed by atoms with Gasteiger partial charge < -0.3 is 14.8 Å². The highest BCUT2D eigenvalue weighted by Gasteiger charge is 2.29. The molecule has 0 aromatic heterocycles. The van der Waals surface area contributed by atoms with Crippen molar-refractivity contribution in [2.45, 2.75) is 12.5 Å². The highest BCUT2D eigenvalue weighted by Crippen LogP contribution is 2.30. The summed E-state index contributed by atoms with van der Waals surface area (Å²) in [5.41, 5.74) is 2.77. The average Bonchev–Trinajstić information content (AvgIpc) is 2.97. The van der Waals surface area contributed by atoms with Crippen molar-refractivity contribution in [1.29, 1.82) is 0 Å². The number of benzene rings is 2. The fraction of sp³-hybridized carbons (Fsp3) is 0.235. The third-order valence-corrected chi connectivity index (χ3v) is 3.76. The Kier molecular flexibility index (Phi) is 3.52. The van der Waals surface area contributed by atoms with Crippen LogP contribution in [0.25, 0.3) is 0 Å². The molecule has 0 saturated heterocycles. The molecule has 1 aliphatic heterocycles. The lowest BCUT2D eigenvalue weighted by Gasteiger charge is -2.14. The van der Waals surface area contributed by atoms with Crippen LogP contribution in [-0.2, 0) is 6.42 Å². The van der Waals surface area contributed by atoms with Crippen LogP contribution in [0.15, 0.2) is 42.5 Å². The molecular formula is C17H17NO3. The third kappa shape index (κ3) is 2.44. The molecule has 1 heterocycles.